The maximum Gasteiger partial charge on any atom is 0.407 e. The molecule has 1 fully saturated rings. The van der Waals surface area contributed by atoms with Gasteiger partial charge in [-0.15, -0.1) is 0 Å². The second kappa shape index (κ2) is 6.81. The predicted molar refractivity (Wildman–Crippen MR) is 82.3 cm³/mol. The minimum absolute atomic E-state index is 0.0366. The lowest BCUT2D eigenvalue weighted by Gasteiger charge is -2.52. The lowest BCUT2D eigenvalue weighted by atomic mass is 9.57. The number of carbonyl (C=O) groups is 2. The maximum absolute atomic E-state index is 11.9. The normalized spacial score (nSPS) is 22.5. The average molecular weight is 305 g/mol. The Hall–Kier alpha value is -2.04. The van der Waals surface area contributed by atoms with Crippen molar-refractivity contribution in [3.63, 3.8) is 0 Å². The summed E-state index contributed by atoms with van der Waals surface area (Å²) >= 11 is 0. The lowest BCUT2D eigenvalue weighted by molar-refractivity contribution is -0.138. The van der Waals surface area contributed by atoms with Crippen LogP contribution >= 0.6 is 0 Å². The van der Waals surface area contributed by atoms with E-state index in [0.29, 0.717) is 12.3 Å². The van der Waals surface area contributed by atoms with Crippen molar-refractivity contribution in [1.82, 2.24) is 5.32 Å². The largest absolute Gasteiger partial charge is 0.481 e. The summed E-state index contributed by atoms with van der Waals surface area (Å²) < 4.78 is 5.22. The molecule has 0 saturated heterocycles. The summed E-state index contributed by atoms with van der Waals surface area (Å²) in [7, 11) is 0. The number of amides is 1. The van der Waals surface area contributed by atoms with Gasteiger partial charge in [0.25, 0.3) is 0 Å². The molecule has 2 rings (SSSR count). The summed E-state index contributed by atoms with van der Waals surface area (Å²) in [4.78, 5) is 22.5. The molecule has 5 heteroatoms. The molecule has 0 spiro atoms. The smallest absolute Gasteiger partial charge is 0.407 e. The van der Waals surface area contributed by atoms with E-state index in [1.165, 1.54) is 0 Å². The molecule has 1 amide bonds. The summed E-state index contributed by atoms with van der Waals surface area (Å²) in [5, 5.41) is 11.6. The molecule has 1 saturated carbocycles. The van der Waals surface area contributed by atoms with Crippen LogP contribution in [0.3, 0.4) is 0 Å². The number of alkyl carbamates (subject to hydrolysis) is 1. The standard InChI is InChI=1S/C17H23NO4/c1-17(2)13(8-9-15(19)20)10-14(17)18-16(21)22-11-12-6-4-3-5-7-12/h3-7,13-14H,8-11H2,1-2H3,(H,18,21)(H,19,20)/t13-,14+/m0/s1. The first-order valence-corrected chi connectivity index (χ1v) is 7.58. The van der Waals surface area contributed by atoms with Gasteiger partial charge in [0.2, 0.25) is 0 Å². The number of aliphatic carboxylic acids is 1. The van der Waals surface area contributed by atoms with E-state index in [1.807, 2.05) is 30.3 Å². The molecule has 1 aromatic rings. The Balaban J connectivity index is 1.75. The molecule has 0 bridgehead atoms. The fourth-order valence-corrected chi connectivity index (χ4v) is 2.96. The Morgan fingerprint density at radius 1 is 1.32 bits per heavy atom. The Kier molecular flexibility index (Phi) is 5.06. The van der Waals surface area contributed by atoms with E-state index in [0.717, 1.165) is 12.0 Å². The van der Waals surface area contributed by atoms with E-state index in [1.54, 1.807) is 0 Å². The zero-order chi connectivity index (χ0) is 16.2. The molecular weight excluding hydrogens is 282 g/mol. The number of carboxylic acid groups (broad SMARTS) is 1. The maximum atomic E-state index is 11.9. The van der Waals surface area contributed by atoms with Gasteiger partial charge in [-0.1, -0.05) is 44.2 Å². The van der Waals surface area contributed by atoms with Crippen LogP contribution in [-0.2, 0) is 16.1 Å². The van der Waals surface area contributed by atoms with Crippen LogP contribution in [0.15, 0.2) is 30.3 Å². The fourth-order valence-electron chi connectivity index (χ4n) is 2.96. The van der Waals surface area contributed by atoms with Gasteiger partial charge in [0.1, 0.15) is 6.61 Å². The van der Waals surface area contributed by atoms with Gasteiger partial charge in [-0.2, -0.15) is 0 Å². The van der Waals surface area contributed by atoms with Crippen LogP contribution in [0, 0.1) is 11.3 Å². The summed E-state index contributed by atoms with van der Waals surface area (Å²) in [6.07, 6.45) is 1.22. The SMILES string of the molecule is CC1(C)[C@@H](CCC(=O)O)C[C@H]1NC(=O)OCc1ccccc1. The number of ether oxygens (including phenoxy) is 1. The third-order valence-corrected chi connectivity index (χ3v) is 4.68. The third-order valence-electron chi connectivity index (χ3n) is 4.68. The highest BCUT2D eigenvalue weighted by Crippen LogP contribution is 2.48. The molecule has 2 atom stereocenters. The molecule has 1 aliphatic rings. The van der Waals surface area contributed by atoms with Crippen molar-refractivity contribution in [3.8, 4) is 0 Å². The van der Waals surface area contributed by atoms with Crippen LogP contribution in [0.2, 0.25) is 0 Å². The minimum atomic E-state index is -0.769. The molecule has 1 aliphatic carbocycles. The van der Waals surface area contributed by atoms with Gasteiger partial charge in [-0.05, 0) is 29.7 Å². The molecule has 0 aliphatic heterocycles. The van der Waals surface area contributed by atoms with E-state index in [2.05, 4.69) is 19.2 Å². The highest BCUT2D eigenvalue weighted by atomic mass is 16.5. The van der Waals surface area contributed by atoms with Gasteiger partial charge in [-0.25, -0.2) is 4.79 Å². The number of carbonyl (C=O) groups excluding carboxylic acids is 1. The molecule has 22 heavy (non-hydrogen) atoms. The zero-order valence-electron chi connectivity index (χ0n) is 13.0. The van der Waals surface area contributed by atoms with Gasteiger partial charge < -0.3 is 15.2 Å². The lowest BCUT2D eigenvalue weighted by Crippen LogP contribution is -2.58. The number of rotatable bonds is 6. The highest BCUT2D eigenvalue weighted by molar-refractivity contribution is 5.68. The first-order valence-electron chi connectivity index (χ1n) is 7.58. The van der Waals surface area contributed by atoms with E-state index in [-0.39, 0.29) is 24.5 Å². The summed E-state index contributed by atoms with van der Waals surface area (Å²) in [5.74, 6) is -0.447. The number of carboxylic acids is 1. The van der Waals surface area contributed by atoms with E-state index in [4.69, 9.17) is 9.84 Å². The summed E-state index contributed by atoms with van der Waals surface area (Å²) in [6.45, 7) is 4.37. The zero-order valence-corrected chi connectivity index (χ0v) is 13.0. The van der Waals surface area contributed by atoms with Crippen LogP contribution in [0.25, 0.3) is 0 Å². The van der Waals surface area contributed by atoms with Crippen molar-refractivity contribution in [2.45, 2.75) is 45.8 Å². The fraction of sp³-hybridized carbons (Fsp3) is 0.529. The molecule has 0 aromatic heterocycles. The topological polar surface area (TPSA) is 75.6 Å². The third kappa shape index (κ3) is 4.00. The Labute approximate surface area is 130 Å². The first kappa shape index (κ1) is 16.3. The van der Waals surface area contributed by atoms with Crippen molar-refractivity contribution >= 4 is 12.1 Å². The van der Waals surface area contributed by atoms with Gasteiger partial charge in [0.05, 0.1) is 0 Å². The molecule has 0 radical (unpaired) electrons. The van der Waals surface area contributed by atoms with Crippen LogP contribution < -0.4 is 5.32 Å². The summed E-state index contributed by atoms with van der Waals surface area (Å²) in [5.41, 5.74) is 0.853. The van der Waals surface area contributed by atoms with Crippen LogP contribution in [0.4, 0.5) is 4.79 Å². The van der Waals surface area contributed by atoms with E-state index < -0.39 is 12.1 Å². The van der Waals surface area contributed by atoms with Crippen LogP contribution in [0.5, 0.6) is 0 Å². The van der Waals surface area contributed by atoms with Gasteiger partial charge in [0.15, 0.2) is 0 Å². The van der Waals surface area contributed by atoms with E-state index in [9.17, 15) is 9.59 Å². The molecule has 0 heterocycles. The Morgan fingerprint density at radius 3 is 2.59 bits per heavy atom. The van der Waals surface area contributed by atoms with Crippen molar-refractivity contribution < 1.29 is 19.4 Å². The Morgan fingerprint density at radius 2 is 2.00 bits per heavy atom. The molecule has 0 unspecified atom stereocenters. The van der Waals surface area contributed by atoms with Gasteiger partial charge >= 0.3 is 12.1 Å². The quantitative estimate of drug-likeness (QED) is 0.846. The highest BCUT2D eigenvalue weighted by Gasteiger charge is 2.48. The number of hydrogen-bond acceptors (Lipinski definition) is 3. The monoisotopic (exact) mass is 305 g/mol. The molecule has 1 aromatic carbocycles. The van der Waals surface area contributed by atoms with Crippen LogP contribution in [0.1, 0.15) is 38.7 Å². The van der Waals surface area contributed by atoms with Gasteiger partial charge in [0, 0.05) is 12.5 Å². The van der Waals surface area contributed by atoms with Gasteiger partial charge in [-0.3, -0.25) is 4.79 Å². The van der Waals surface area contributed by atoms with Crippen molar-refractivity contribution in [1.29, 1.82) is 0 Å². The van der Waals surface area contributed by atoms with Crippen LogP contribution in [-0.4, -0.2) is 23.2 Å². The molecule has 5 nitrogen and oxygen atoms in total. The average Bonchev–Trinajstić information content (AvgIpc) is 2.48. The molecule has 120 valence electrons. The van der Waals surface area contributed by atoms with E-state index >= 15 is 0 Å². The Bertz CT molecular complexity index is 527. The van der Waals surface area contributed by atoms with Crippen molar-refractivity contribution in [2.75, 3.05) is 0 Å². The number of benzene rings is 1. The van der Waals surface area contributed by atoms with Crippen molar-refractivity contribution in [3.05, 3.63) is 35.9 Å². The minimum Gasteiger partial charge on any atom is -0.481 e. The predicted octanol–water partition coefficient (Wildman–Crippen LogP) is 3.19. The summed E-state index contributed by atoms with van der Waals surface area (Å²) in [6, 6.07) is 9.56. The number of nitrogens with one attached hydrogen (secondary N) is 1. The number of hydrogen-bond donors (Lipinski definition) is 2. The molecular formula is C17H23NO4. The second-order valence-electron chi connectivity index (χ2n) is 6.45. The van der Waals surface area contributed by atoms with Crippen molar-refractivity contribution in [2.24, 2.45) is 11.3 Å². The second-order valence-corrected chi connectivity index (χ2v) is 6.45. The first-order chi connectivity index (χ1) is 10.4. The molecule has 2 N–H and O–H groups in total.